The normalized spacial score (nSPS) is 10.8. The molecule has 2 rings (SSSR count). The Morgan fingerprint density at radius 3 is 2.84 bits per heavy atom. The fraction of sp³-hybridized carbons (Fsp3) is 0.250. The second-order valence-electron chi connectivity index (χ2n) is 3.76. The van der Waals surface area contributed by atoms with Crippen molar-refractivity contribution in [3.8, 4) is 5.75 Å². The van der Waals surface area contributed by atoms with Crippen molar-refractivity contribution in [2.75, 3.05) is 5.32 Å². The molecule has 2 aromatic rings. The lowest BCUT2D eigenvalue weighted by atomic mass is 10.3. The van der Waals surface area contributed by atoms with E-state index < -0.39 is 6.61 Å². The highest BCUT2D eigenvalue weighted by Gasteiger charge is 2.09. The van der Waals surface area contributed by atoms with E-state index in [9.17, 15) is 8.78 Å². The van der Waals surface area contributed by atoms with Gasteiger partial charge in [0.05, 0.1) is 11.6 Å². The number of thiazole rings is 1. The van der Waals surface area contributed by atoms with Gasteiger partial charge in [-0.25, -0.2) is 4.98 Å². The Kier molecular flexibility index (Phi) is 4.55. The van der Waals surface area contributed by atoms with Gasteiger partial charge in [0.15, 0.2) is 0 Å². The number of hydrogen-bond acceptors (Lipinski definition) is 4. The number of ether oxygens (including phenoxy) is 1. The number of halogens is 3. The number of alkyl halides is 2. The first-order valence-electron chi connectivity index (χ1n) is 5.44. The molecule has 0 aliphatic heterocycles. The Morgan fingerprint density at radius 1 is 1.47 bits per heavy atom. The number of benzene rings is 1. The lowest BCUT2D eigenvalue weighted by Gasteiger charge is -2.09. The first-order valence-corrected chi connectivity index (χ1v) is 6.69. The molecule has 1 N–H and O–H groups in total. The van der Waals surface area contributed by atoms with E-state index in [0.717, 1.165) is 16.4 Å². The molecule has 0 aliphatic carbocycles. The summed E-state index contributed by atoms with van der Waals surface area (Å²) in [5, 5.41) is 6.16. The minimum absolute atomic E-state index is 0.0349. The molecule has 0 aliphatic rings. The van der Waals surface area contributed by atoms with Crippen LogP contribution in [0.3, 0.4) is 0 Å². The van der Waals surface area contributed by atoms with Crippen LogP contribution in [0.25, 0.3) is 0 Å². The van der Waals surface area contributed by atoms with Gasteiger partial charge >= 0.3 is 6.61 Å². The van der Waals surface area contributed by atoms with Gasteiger partial charge in [0.2, 0.25) is 0 Å². The molecule has 0 fully saturated rings. The zero-order valence-corrected chi connectivity index (χ0v) is 11.6. The Hall–Kier alpha value is -1.40. The molecule has 7 heteroatoms. The first kappa shape index (κ1) is 14.0. The van der Waals surface area contributed by atoms with Gasteiger partial charge in [0.1, 0.15) is 10.8 Å². The molecule has 0 atom stereocenters. The number of aryl methyl sites for hydroxylation is 1. The molecule has 0 bridgehead atoms. The van der Waals surface area contributed by atoms with E-state index in [2.05, 4.69) is 15.0 Å². The van der Waals surface area contributed by atoms with Crippen molar-refractivity contribution >= 4 is 28.6 Å². The Labute approximate surface area is 118 Å². The molecule has 1 aromatic carbocycles. The molecular formula is C12H11ClF2N2OS. The molecule has 0 radical (unpaired) electrons. The second-order valence-corrected chi connectivity index (χ2v) is 5.11. The number of hydrogen-bond donors (Lipinski definition) is 1. The van der Waals surface area contributed by atoms with Crippen LogP contribution < -0.4 is 10.1 Å². The highest BCUT2D eigenvalue weighted by molar-refractivity contribution is 7.09. The Bertz CT molecular complexity index is 562. The standard InChI is InChI=1S/C12H11ClF2N2OS/c1-7-6-19-11(17-7)5-16-8-2-3-10(9(13)4-8)18-12(14)15/h2-4,6,12,16H,5H2,1H3. The molecule has 0 amide bonds. The fourth-order valence-electron chi connectivity index (χ4n) is 1.46. The molecule has 0 unspecified atom stereocenters. The summed E-state index contributed by atoms with van der Waals surface area (Å²) in [6.07, 6.45) is 0. The summed E-state index contributed by atoms with van der Waals surface area (Å²) in [5.74, 6) is -0.0349. The first-order chi connectivity index (χ1) is 9.04. The van der Waals surface area contributed by atoms with Crippen LogP contribution in [0.4, 0.5) is 14.5 Å². The summed E-state index contributed by atoms with van der Waals surface area (Å²) in [5.41, 5.74) is 1.69. The number of nitrogens with zero attached hydrogens (tertiary/aromatic N) is 1. The average molecular weight is 305 g/mol. The predicted octanol–water partition coefficient (Wildman–Crippen LogP) is 4.32. The van der Waals surface area contributed by atoms with E-state index >= 15 is 0 Å². The zero-order valence-electron chi connectivity index (χ0n) is 9.99. The van der Waals surface area contributed by atoms with Crippen LogP contribution in [-0.4, -0.2) is 11.6 Å². The van der Waals surface area contributed by atoms with Crippen LogP contribution >= 0.6 is 22.9 Å². The summed E-state index contributed by atoms with van der Waals surface area (Å²) in [6, 6.07) is 4.58. The van der Waals surface area contributed by atoms with E-state index in [4.69, 9.17) is 11.6 Å². The third-order valence-corrected chi connectivity index (χ3v) is 3.52. The zero-order chi connectivity index (χ0) is 13.8. The molecule has 0 spiro atoms. The summed E-state index contributed by atoms with van der Waals surface area (Å²) in [4.78, 5) is 4.30. The number of anilines is 1. The maximum absolute atomic E-state index is 12.1. The van der Waals surface area contributed by atoms with Crippen molar-refractivity contribution in [2.45, 2.75) is 20.1 Å². The molecule has 1 heterocycles. The molecule has 3 nitrogen and oxygen atoms in total. The van der Waals surface area contributed by atoms with Crippen molar-refractivity contribution in [1.29, 1.82) is 0 Å². The van der Waals surface area contributed by atoms with Crippen LogP contribution in [0.2, 0.25) is 5.02 Å². The largest absolute Gasteiger partial charge is 0.433 e. The topological polar surface area (TPSA) is 34.1 Å². The van der Waals surface area contributed by atoms with Gasteiger partial charge in [0.25, 0.3) is 0 Å². The van der Waals surface area contributed by atoms with E-state index in [1.807, 2.05) is 12.3 Å². The van der Waals surface area contributed by atoms with E-state index in [1.54, 1.807) is 23.5 Å². The molecule has 1 aromatic heterocycles. The maximum atomic E-state index is 12.1. The van der Waals surface area contributed by atoms with E-state index in [1.165, 1.54) is 6.07 Å². The minimum Gasteiger partial charge on any atom is -0.433 e. The van der Waals surface area contributed by atoms with E-state index in [0.29, 0.717) is 6.54 Å². The van der Waals surface area contributed by atoms with Crippen molar-refractivity contribution < 1.29 is 13.5 Å². The van der Waals surface area contributed by atoms with Gasteiger partial charge in [0, 0.05) is 16.8 Å². The minimum atomic E-state index is -2.88. The Balaban J connectivity index is 1.99. The third kappa shape index (κ3) is 4.04. The van der Waals surface area contributed by atoms with Crippen LogP contribution in [0.1, 0.15) is 10.7 Å². The van der Waals surface area contributed by atoms with Crippen LogP contribution in [0, 0.1) is 6.92 Å². The van der Waals surface area contributed by atoms with Crippen LogP contribution in [0.5, 0.6) is 5.75 Å². The Morgan fingerprint density at radius 2 is 2.26 bits per heavy atom. The lowest BCUT2D eigenvalue weighted by molar-refractivity contribution is -0.0497. The van der Waals surface area contributed by atoms with Gasteiger partial charge < -0.3 is 10.1 Å². The van der Waals surface area contributed by atoms with Gasteiger partial charge in [-0.05, 0) is 25.1 Å². The average Bonchev–Trinajstić information content (AvgIpc) is 2.75. The summed E-state index contributed by atoms with van der Waals surface area (Å²) in [7, 11) is 0. The van der Waals surface area contributed by atoms with Crippen molar-refractivity contribution in [1.82, 2.24) is 4.98 Å². The molecular weight excluding hydrogens is 294 g/mol. The van der Waals surface area contributed by atoms with E-state index in [-0.39, 0.29) is 10.8 Å². The van der Waals surface area contributed by atoms with Gasteiger partial charge in [-0.15, -0.1) is 11.3 Å². The number of aromatic nitrogens is 1. The smallest absolute Gasteiger partial charge is 0.387 e. The second kappa shape index (κ2) is 6.16. The number of rotatable bonds is 5. The quantitative estimate of drug-likeness (QED) is 0.893. The SMILES string of the molecule is Cc1csc(CNc2ccc(OC(F)F)c(Cl)c2)n1. The fourth-order valence-corrected chi connectivity index (χ4v) is 2.40. The van der Waals surface area contributed by atoms with Gasteiger partial charge in [-0.3, -0.25) is 0 Å². The highest BCUT2D eigenvalue weighted by Crippen LogP contribution is 2.29. The van der Waals surface area contributed by atoms with Gasteiger partial charge in [-0.2, -0.15) is 8.78 Å². The lowest BCUT2D eigenvalue weighted by Crippen LogP contribution is -2.03. The maximum Gasteiger partial charge on any atom is 0.387 e. The number of nitrogens with one attached hydrogen (secondary N) is 1. The summed E-state index contributed by atoms with van der Waals surface area (Å²) >= 11 is 7.40. The van der Waals surface area contributed by atoms with Crippen LogP contribution in [-0.2, 0) is 6.54 Å². The van der Waals surface area contributed by atoms with Crippen molar-refractivity contribution in [3.05, 3.63) is 39.3 Å². The molecule has 0 saturated carbocycles. The van der Waals surface area contributed by atoms with Crippen LogP contribution in [0.15, 0.2) is 23.6 Å². The molecule has 19 heavy (non-hydrogen) atoms. The summed E-state index contributed by atoms with van der Waals surface area (Å²) in [6.45, 7) is -0.397. The summed E-state index contributed by atoms with van der Waals surface area (Å²) < 4.78 is 28.4. The van der Waals surface area contributed by atoms with Crippen molar-refractivity contribution in [2.24, 2.45) is 0 Å². The third-order valence-electron chi connectivity index (χ3n) is 2.26. The predicted molar refractivity (Wildman–Crippen MR) is 72.3 cm³/mol. The van der Waals surface area contributed by atoms with Crippen molar-refractivity contribution in [3.63, 3.8) is 0 Å². The highest BCUT2D eigenvalue weighted by atomic mass is 35.5. The monoisotopic (exact) mass is 304 g/mol. The van der Waals surface area contributed by atoms with Gasteiger partial charge in [-0.1, -0.05) is 11.6 Å². The molecule has 102 valence electrons. The molecule has 0 saturated heterocycles.